The summed E-state index contributed by atoms with van der Waals surface area (Å²) in [6.07, 6.45) is 0. The Hall–Kier alpha value is -3.53. The van der Waals surface area contributed by atoms with Gasteiger partial charge in [-0.3, -0.25) is 14.9 Å². The minimum Gasteiger partial charge on any atom is -0.476 e. The van der Waals surface area contributed by atoms with E-state index in [-0.39, 0.29) is 23.0 Å². The van der Waals surface area contributed by atoms with Gasteiger partial charge in [0, 0.05) is 10.3 Å². The number of imide groups is 1. The summed E-state index contributed by atoms with van der Waals surface area (Å²) in [6.45, 7) is -0.329. The number of carboxylic acids is 1. The van der Waals surface area contributed by atoms with E-state index in [1.165, 1.54) is 23.5 Å². The van der Waals surface area contributed by atoms with Gasteiger partial charge in [-0.2, -0.15) is 5.10 Å². The quantitative estimate of drug-likeness (QED) is 0.604. The minimum atomic E-state index is -1.32. The van der Waals surface area contributed by atoms with Crippen LogP contribution in [-0.4, -0.2) is 32.8 Å². The molecular formula is C17H14N4O5S. The van der Waals surface area contributed by atoms with Gasteiger partial charge in [-0.15, -0.1) is 11.3 Å². The van der Waals surface area contributed by atoms with E-state index in [0.29, 0.717) is 0 Å². The number of carboxylic acid groups (broad SMARTS) is 1. The Morgan fingerprint density at radius 2 is 1.85 bits per heavy atom. The number of carbonyl (C=O) groups excluding carboxylic acids is 2. The predicted molar refractivity (Wildman–Crippen MR) is 97.7 cm³/mol. The van der Waals surface area contributed by atoms with Crippen molar-refractivity contribution in [3.05, 3.63) is 62.7 Å². The summed E-state index contributed by atoms with van der Waals surface area (Å²) >= 11 is 1.46. The summed E-state index contributed by atoms with van der Waals surface area (Å²) in [5.41, 5.74) is -0.968. The molecule has 3 rings (SSSR count). The van der Waals surface area contributed by atoms with Gasteiger partial charge in [-0.1, -0.05) is 24.3 Å². The molecule has 3 aromatic rings. The van der Waals surface area contributed by atoms with Gasteiger partial charge >= 0.3 is 12.0 Å². The number of rotatable bonds is 5. The van der Waals surface area contributed by atoms with Gasteiger partial charge in [-0.25, -0.2) is 14.3 Å². The van der Waals surface area contributed by atoms with E-state index in [0.717, 1.165) is 9.56 Å². The number of fused-ring (bicyclic) bond motifs is 1. The molecule has 27 heavy (non-hydrogen) atoms. The minimum absolute atomic E-state index is 0.125. The average Bonchev–Trinajstić information content (AvgIpc) is 3.15. The molecule has 138 valence electrons. The first-order valence-corrected chi connectivity index (χ1v) is 8.67. The van der Waals surface area contributed by atoms with E-state index in [1.54, 1.807) is 12.1 Å². The Morgan fingerprint density at radius 1 is 1.11 bits per heavy atom. The molecule has 9 nitrogen and oxygen atoms in total. The molecule has 0 saturated heterocycles. The molecule has 10 heteroatoms. The summed E-state index contributed by atoms with van der Waals surface area (Å²) < 4.78 is 0.730. The first kappa shape index (κ1) is 18.3. The van der Waals surface area contributed by atoms with E-state index >= 15 is 0 Å². The van der Waals surface area contributed by atoms with Crippen LogP contribution in [-0.2, 0) is 17.9 Å². The van der Waals surface area contributed by atoms with Crippen molar-refractivity contribution >= 4 is 40.0 Å². The van der Waals surface area contributed by atoms with E-state index in [2.05, 4.69) is 15.7 Å². The van der Waals surface area contributed by atoms with Crippen LogP contribution in [0.4, 0.5) is 4.79 Å². The average molecular weight is 386 g/mol. The molecule has 0 saturated carbocycles. The van der Waals surface area contributed by atoms with Crippen molar-refractivity contribution in [3.63, 3.8) is 0 Å². The molecule has 1 aromatic carbocycles. The van der Waals surface area contributed by atoms with Crippen LogP contribution in [0.2, 0.25) is 0 Å². The third-order valence-electron chi connectivity index (χ3n) is 3.62. The largest absolute Gasteiger partial charge is 0.476 e. The van der Waals surface area contributed by atoms with Crippen LogP contribution < -0.4 is 16.2 Å². The highest BCUT2D eigenvalue weighted by Crippen LogP contribution is 2.13. The zero-order chi connectivity index (χ0) is 19.4. The van der Waals surface area contributed by atoms with Crippen LogP contribution in [0.3, 0.4) is 0 Å². The van der Waals surface area contributed by atoms with Gasteiger partial charge < -0.3 is 10.4 Å². The fourth-order valence-corrected chi connectivity index (χ4v) is 3.07. The number of nitrogens with one attached hydrogen (secondary N) is 2. The van der Waals surface area contributed by atoms with Crippen LogP contribution >= 0.6 is 11.3 Å². The highest BCUT2D eigenvalue weighted by Gasteiger charge is 2.17. The number of carbonyl (C=O) groups is 3. The van der Waals surface area contributed by atoms with Crippen LogP contribution in [0.5, 0.6) is 0 Å². The standard InChI is InChI=1S/C17H14N4O5S/c22-13(19-17(26)18-8-10-4-3-7-27-10)9-21-15(23)12-6-2-1-5-11(12)14(20-21)16(24)25/h1-7H,8-9H2,(H,24,25)(H2,18,19,22,26). The topological polar surface area (TPSA) is 130 Å². The van der Waals surface area contributed by atoms with Crippen molar-refractivity contribution in [2.45, 2.75) is 13.1 Å². The highest BCUT2D eigenvalue weighted by atomic mass is 32.1. The normalized spacial score (nSPS) is 10.5. The SMILES string of the molecule is O=C(Cn1nc(C(=O)O)c2ccccc2c1=O)NC(=O)NCc1cccs1. The Morgan fingerprint density at radius 3 is 2.52 bits per heavy atom. The smallest absolute Gasteiger partial charge is 0.357 e. The fraction of sp³-hybridized carbons (Fsp3) is 0.118. The van der Waals surface area contributed by atoms with Crippen molar-refractivity contribution in [1.29, 1.82) is 0 Å². The molecule has 0 aliphatic heterocycles. The van der Waals surface area contributed by atoms with Gasteiger partial charge in [0.05, 0.1) is 11.9 Å². The third kappa shape index (κ3) is 4.18. The number of aromatic carboxylic acids is 1. The number of amides is 3. The molecule has 0 radical (unpaired) electrons. The van der Waals surface area contributed by atoms with Gasteiger partial charge in [0.25, 0.3) is 5.56 Å². The molecule has 2 aromatic heterocycles. The molecule has 3 amide bonds. The summed E-state index contributed by atoms with van der Waals surface area (Å²) in [7, 11) is 0. The third-order valence-corrected chi connectivity index (χ3v) is 4.50. The Labute approximate surface area is 156 Å². The molecule has 0 unspecified atom stereocenters. The monoisotopic (exact) mass is 386 g/mol. The molecule has 3 N–H and O–H groups in total. The Bertz CT molecular complexity index is 1070. The molecule has 0 bridgehead atoms. The number of benzene rings is 1. The Balaban J connectivity index is 1.74. The van der Waals surface area contributed by atoms with Crippen molar-refractivity contribution in [3.8, 4) is 0 Å². The van der Waals surface area contributed by atoms with Gasteiger partial charge in [0.1, 0.15) is 6.54 Å². The summed E-state index contributed by atoms with van der Waals surface area (Å²) in [5.74, 6) is -2.12. The molecule has 0 aliphatic rings. The maximum absolute atomic E-state index is 12.4. The number of thiophene rings is 1. The lowest BCUT2D eigenvalue weighted by Gasteiger charge is -2.09. The molecule has 0 fully saturated rings. The van der Waals surface area contributed by atoms with Crippen molar-refractivity contribution < 1.29 is 19.5 Å². The summed E-state index contributed by atoms with van der Waals surface area (Å²) in [5, 5.41) is 19.8. The zero-order valence-electron chi connectivity index (χ0n) is 13.8. The van der Waals surface area contributed by atoms with E-state index in [9.17, 15) is 24.3 Å². The molecule has 0 spiro atoms. The van der Waals surface area contributed by atoms with Crippen molar-refractivity contribution in [2.24, 2.45) is 0 Å². The predicted octanol–water partition coefficient (Wildman–Crippen LogP) is 1.18. The van der Waals surface area contributed by atoms with E-state index in [1.807, 2.05) is 17.5 Å². The lowest BCUT2D eigenvalue weighted by Crippen LogP contribution is -2.42. The fourth-order valence-electron chi connectivity index (χ4n) is 2.43. The lowest BCUT2D eigenvalue weighted by molar-refractivity contribution is -0.120. The van der Waals surface area contributed by atoms with Gasteiger partial charge in [0.15, 0.2) is 5.69 Å². The second kappa shape index (κ2) is 7.79. The Kier molecular flexibility index (Phi) is 5.27. The first-order chi connectivity index (χ1) is 13.0. The van der Waals surface area contributed by atoms with Crippen molar-refractivity contribution in [2.75, 3.05) is 0 Å². The second-order valence-corrected chi connectivity index (χ2v) is 6.50. The van der Waals surface area contributed by atoms with Crippen LogP contribution in [0.15, 0.2) is 46.6 Å². The molecule has 0 atom stereocenters. The van der Waals surface area contributed by atoms with E-state index < -0.39 is 30.0 Å². The zero-order valence-corrected chi connectivity index (χ0v) is 14.7. The molecule has 2 heterocycles. The maximum Gasteiger partial charge on any atom is 0.357 e. The number of aromatic nitrogens is 2. The van der Waals surface area contributed by atoms with Crippen LogP contribution in [0.25, 0.3) is 10.8 Å². The number of hydrogen-bond acceptors (Lipinski definition) is 6. The van der Waals surface area contributed by atoms with Gasteiger partial charge in [-0.05, 0) is 17.5 Å². The summed E-state index contributed by atoms with van der Waals surface area (Å²) in [4.78, 5) is 48.6. The van der Waals surface area contributed by atoms with Crippen LogP contribution in [0, 0.1) is 0 Å². The second-order valence-electron chi connectivity index (χ2n) is 5.47. The number of nitrogens with zero attached hydrogens (tertiary/aromatic N) is 2. The molecular weight excluding hydrogens is 372 g/mol. The lowest BCUT2D eigenvalue weighted by atomic mass is 10.1. The number of hydrogen-bond donors (Lipinski definition) is 3. The number of urea groups is 1. The highest BCUT2D eigenvalue weighted by molar-refractivity contribution is 7.09. The van der Waals surface area contributed by atoms with Crippen LogP contribution in [0.1, 0.15) is 15.4 Å². The van der Waals surface area contributed by atoms with Crippen molar-refractivity contribution in [1.82, 2.24) is 20.4 Å². The van der Waals surface area contributed by atoms with Gasteiger partial charge in [0.2, 0.25) is 5.91 Å². The van der Waals surface area contributed by atoms with E-state index in [4.69, 9.17) is 0 Å². The molecule has 0 aliphatic carbocycles. The first-order valence-electron chi connectivity index (χ1n) is 7.79. The summed E-state index contributed by atoms with van der Waals surface area (Å²) in [6, 6.07) is 9.04. The maximum atomic E-state index is 12.4.